The Hall–Kier alpha value is -1.89. The molecule has 0 aliphatic carbocycles. The monoisotopic (exact) mass is 309 g/mol. The number of primary amides is 1. The normalized spacial score (nSPS) is 19.3. The molecule has 0 radical (unpaired) electrons. The average molecular weight is 309 g/mol. The minimum Gasteiger partial charge on any atom is -0.369 e. The first-order chi connectivity index (χ1) is 9.97. The van der Waals surface area contributed by atoms with Crippen LogP contribution < -0.4 is 11.1 Å². The van der Waals surface area contributed by atoms with Crippen LogP contribution in [0.4, 0.5) is 0 Å². The van der Waals surface area contributed by atoms with E-state index in [1.807, 2.05) is 17.5 Å². The van der Waals surface area contributed by atoms with Crippen molar-refractivity contribution in [3.05, 3.63) is 22.4 Å². The molecule has 2 rings (SSSR count). The first-order valence-corrected chi connectivity index (χ1v) is 7.73. The van der Waals surface area contributed by atoms with Gasteiger partial charge < -0.3 is 16.0 Å². The Bertz CT molecular complexity index is 530. The summed E-state index contributed by atoms with van der Waals surface area (Å²) < 4.78 is 0. The molecule has 0 spiro atoms. The highest BCUT2D eigenvalue weighted by Crippen LogP contribution is 2.24. The molecule has 0 unspecified atom stereocenters. The summed E-state index contributed by atoms with van der Waals surface area (Å²) in [6.45, 7) is 2.36. The van der Waals surface area contributed by atoms with E-state index in [9.17, 15) is 14.4 Å². The smallest absolute Gasteiger partial charge is 0.225 e. The van der Waals surface area contributed by atoms with Crippen LogP contribution in [-0.2, 0) is 14.4 Å². The Kier molecular flexibility index (Phi) is 4.95. The highest BCUT2D eigenvalue weighted by molar-refractivity contribution is 7.10. The number of carbonyl (C=O) groups excluding carboxylic acids is 3. The van der Waals surface area contributed by atoms with Crippen molar-refractivity contribution in [1.29, 1.82) is 0 Å². The zero-order valence-corrected chi connectivity index (χ0v) is 12.7. The van der Waals surface area contributed by atoms with Gasteiger partial charge in [0.2, 0.25) is 17.7 Å². The SMILES string of the molecule is CC(=O)N[C@H](CC(=O)N1CC[C@@H](C(N)=O)C1)c1cccs1. The van der Waals surface area contributed by atoms with Crippen molar-refractivity contribution in [2.45, 2.75) is 25.8 Å². The van der Waals surface area contributed by atoms with Crippen LogP contribution in [-0.4, -0.2) is 35.7 Å². The Morgan fingerprint density at radius 2 is 2.29 bits per heavy atom. The van der Waals surface area contributed by atoms with Crippen LogP contribution in [0.25, 0.3) is 0 Å². The molecular formula is C14H19N3O3S. The zero-order chi connectivity index (χ0) is 15.4. The van der Waals surface area contributed by atoms with Crippen molar-refractivity contribution in [3.8, 4) is 0 Å². The van der Waals surface area contributed by atoms with Crippen molar-refractivity contribution in [2.24, 2.45) is 11.7 Å². The predicted molar refractivity (Wildman–Crippen MR) is 79.4 cm³/mol. The molecule has 114 valence electrons. The molecule has 1 aromatic rings. The first-order valence-electron chi connectivity index (χ1n) is 6.85. The van der Waals surface area contributed by atoms with E-state index >= 15 is 0 Å². The number of amides is 3. The van der Waals surface area contributed by atoms with E-state index in [4.69, 9.17) is 5.73 Å². The largest absolute Gasteiger partial charge is 0.369 e. The minimum atomic E-state index is -0.359. The highest BCUT2D eigenvalue weighted by Gasteiger charge is 2.31. The third-order valence-electron chi connectivity index (χ3n) is 3.59. The van der Waals surface area contributed by atoms with Gasteiger partial charge in [-0.25, -0.2) is 0 Å². The summed E-state index contributed by atoms with van der Waals surface area (Å²) in [7, 11) is 0. The first kappa shape index (κ1) is 15.5. The summed E-state index contributed by atoms with van der Waals surface area (Å²) in [5.41, 5.74) is 5.27. The molecule has 1 aliphatic heterocycles. The number of likely N-dealkylation sites (tertiary alicyclic amines) is 1. The van der Waals surface area contributed by atoms with Crippen molar-refractivity contribution in [2.75, 3.05) is 13.1 Å². The fraction of sp³-hybridized carbons (Fsp3) is 0.500. The maximum absolute atomic E-state index is 12.3. The third-order valence-corrected chi connectivity index (χ3v) is 4.57. The molecule has 7 heteroatoms. The predicted octanol–water partition coefficient (Wildman–Crippen LogP) is 0.649. The van der Waals surface area contributed by atoms with E-state index in [2.05, 4.69) is 5.32 Å². The fourth-order valence-corrected chi connectivity index (χ4v) is 3.26. The summed E-state index contributed by atoms with van der Waals surface area (Å²) in [5, 5.41) is 4.71. The van der Waals surface area contributed by atoms with Crippen molar-refractivity contribution in [3.63, 3.8) is 0 Å². The lowest BCUT2D eigenvalue weighted by molar-refractivity contribution is -0.131. The number of carbonyl (C=O) groups is 3. The Labute approximate surface area is 127 Å². The molecule has 3 amide bonds. The third kappa shape index (κ3) is 4.04. The summed E-state index contributed by atoms with van der Waals surface area (Å²) in [4.78, 5) is 37.4. The molecule has 3 N–H and O–H groups in total. The lowest BCUT2D eigenvalue weighted by Crippen LogP contribution is -2.35. The van der Waals surface area contributed by atoms with Crippen LogP contribution in [0.3, 0.4) is 0 Å². The molecule has 2 heterocycles. The van der Waals surface area contributed by atoms with Crippen LogP contribution in [0.5, 0.6) is 0 Å². The maximum Gasteiger partial charge on any atom is 0.225 e. The van der Waals surface area contributed by atoms with Gasteiger partial charge in [0, 0.05) is 24.9 Å². The van der Waals surface area contributed by atoms with Crippen LogP contribution >= 0.6 is 11.3 Å². The molecule has 2 atom stereocenters. The van der Waals surface area contributed by atoms with Gasteiger partial charge in [0.25, 0.3) is 0 Å². The molecule has 6 nitrogen and oxygen atoms in total. The Balaban J connectivity index is 1.99. The number of rotatable bonds is 5. The second-order valence-corrected chi connectivity index (χ2v) is 6.18. The van der Waals surface area contributed by atoms with Crippen LogP contribution in [0.2, 0.25) is 0 Å². The fourth-order valence-electron chi connectivity index (χ4n) is 2.48. The quantitative estimate of drug-likeness (QED) is 0.836. The Morgan fingerprint density at radius 3 is 2.81 bits per heavy atom. The molecular weight excluding hydrogens is 290 g/mol. The summed E-state index contributed by atoms with van der Waals surface area (Å²) in [5.74, 6) is -0.847. The van der Waals surface area contributed by atoms with Gasteiger partial charge in [-0.2, -0.15) is 0 Å². The number of thiophene rings is 1. The standard InChI is InChI=1S/C14H19N3O3S/c1-9(18)16-11(12-3-2-6-21-12)7-13(19)17-5-4-10(8-17)14(15)20/h2-3,6,10-11H,4-5,7-8H2,1H3,(H2,15,20)(H,16,18)/t10-,11-/m1/s1. The summed E-state index contributed by atoms with van der Waals surface area (Å²) in [6.07, 6.45) is 0.816. The topological polar surface area (TPSA) is 92.5 Å². The van der Waals surface area contributed by atoms with E-state index in [0.717, 1.165) is 4.88 Å². The van der Waals surface area contributed by atoms with Gasteiger partial charge in [0.05, 0.1) is 18.4 Å². The highest BCUT2D eigenvalue weighted by atomic mass is 32.1. The van der Waals surface area contributed by atoms with Gasteiger partial charge in [0.1, 0.15) is 0 Å². The maximum atomic E-state index is 12.3. The molecule has 1 saturated heterocycles. The van der Waals surface area contributed by atoms with Crippen LogP contribution in [0.15, 0.2) is 17.5 Å². The van der Waals surface area contributed by atoms with Gasteiger partial charge in [-0.15, -0.1) is 11.3 Å². The van der Waals surface area contributed by atoms with Crippen molar-refractivity contribution >= 4 is 29.1 Å². The van der Waals surface area contributed by atoms with Gasteiger partial charge in [-0.05, 0) is 17.9 Å². The van der Waals surface area contributed by atoms with E-state index in [1.54, 1.807) is 4.90 Å². The lowest BCUT2D eigenvalue weighted by atomic mass is 10.1. The van der Waals surface area contributed by atoms with Crippen LogP contribution in [0, 0.1) is 5.92 Å². The van der Waals surface area contributed by atoms with Gasteiger partial charge in [-0.3, -0.25) is 14.4 Å². The Morgan fingerprint density at radius 1 is 1.52 bits per heavy atom. The van der Waals surface area contributed by atoms with Crippen LogP contribution in [0.1, 0.15) is 30.7 Å². The number of hydrogen-bond acceptors (Lipinski definition) is 4. The van der Waals surface area contributed by atoms with Gasteiger partial charge >= 0.3 is 0 Å². The van der Waals surface area contributed by atoms with Gasteiger partial charge in [-0.1, -0.05) is 6.07 Å². The number of nitrogens with two attached hydrogens (primary N) is 1. The van der Waals surface area contributed by atoms with E-state index < -0.39 is 0 Å². The van der Waals surface area contributed by atoms with Crippen molar-refractivity contribution < 1.29 is 14.4 Å². The summed E-state index contributed by atoms with van der Waals surface area (Å²) in [6, 6.07) is 3.47. The summed E-state index contributed by atoms with van der Waals surface area (Å²) >= 11 is 1.50. The number of hydrogen-bond donors (Lipinski definition) is 2. The molecule has 21 heavy (non-hydrogen) atoms. The molecule has 0 saturated carbocycles. The lowest BCUT2D eigenvalue weighted by Gasteiger charge is -2.21. The van der Waals surface area contributed by atoms with E-state index in [1.165, 1.54) is 18.3 Å². The van der Waals surface area contributed by atoms with E-state index in [-0.39, 0.29) is 36.1 Å². The second-order valence-electron chi connectivity index (χ2n) is 5.20. The molecule has 1 fully saturated rings. The second kappa shape index (κ2) is 6.71. The minimum absolute atomic E-state index is 0.0640. The molecule has 0 bridgehead atoms. The zero-order valence-electron chi connectivity index (χ0n) is 11.9. The van der Waals surface area contributed by atoms with Crippen molar-refractivity contribution in [1.82, 2.24) is 10.2 Å². The van der Waals surface area contributed by atoms with Gasteiger partial charge in [0.15, 0.2) is 0 Å². The number of nitrogens with one attached hydrogen (secondary N) is 1. The molecule has 1 aliphatic rings. The van der Waals surface area contributed by atoms with E-state index in [0.29, 0.717) is 19.5 Å². The number of nitrogens with zero attached hydrogens (tertiary/aromatic N) is 1. The molecule has 0 aromatic carbocycles. The average Bonchev–Trinajstić information content (AvgIpc) is 3.09. The molecule has 1 aromatic heterocycles.